The Hall–Kier alpha value is -5.94. The molecule has 4 aromatic heterocycles. The zero-order valence-electron chi connectivity index (χ0n) is 33.1. The van der Waals surface area contributed by atoms with Crippen molar-refractivity contribution in [3.63, 3.8) is 0 Å². The zero-order valence-corrected chi connectivity index (χ0v) is 34.7. The van der Waals surface area contributed by atoms with Crippen LogP contribution < -0.4 is 10.0 Å². The summed E-state index contributed by atoms with van der Waals surface area (Å²) in [5.41, 5.74) is -2.85. The Kier molecular flexibility index (Phi) is 10.4. The predicted molar refractivity (Wildman–Crippen MR) is 213 cm³/mol. The third-order valence-corrected chi connectivity index (χ3v) is 12.0. The molecule has 1 saturated carbocycles. The van der Waals surface area contributed by atoms with E-state index < -0.39 is 86.6 Å². The minimum atomic E-state index is -5.09. The Bertz CT molecular complexity index is 2930. The number of fused-ring (bicyclic) bond motifs is 4. The lowest BCUT2D eigenvalue weighted by molar-refractivity contribution is -0.144. The maximum Gasteiger partial charge on any atom is 0.435 e. The standard InChI is InChI=1S/C41H35ClF7N9O3S/c1-39(2,57-14-13-50-20-57)12-11-24-5-6-25(26-8-10-29(42)33-35(26)56(3)54-38(33)55-62(4,60)61)34(51-24)30(17-21-15-22(43)18-23(44)16-21)52-31(59)19-58-37-32(36(53-58)41(47,48)49)27-7-9-28(27)40(37,45)46/h5-6,8,10,13-16,18,20,27-28,30H,7,9,17,19H2,1-4H3,(H,52,59)(H,54,55)/t27-,28+,30-/m0/s1. The predicted octanol–water partition coefficient (Wildman–Crippen LogP) is 7.84. The number of hydrogen-bond acceptors (Lipinski definition) is 7. The molecule has 0 spiro atoms. The minimum absolute atomic E-state index is 0.00423. The summed E-state index contributed by atoms with van der Waals surface area (Å²) in [6.07, 6.45) is 0.411. The van der Waals surface area contributed by atoms with Gasteiger partial charge in [-0.1, -0.05) is 23.6 Å². The van der Waals surface area contributed by atoms with Crippen LogP contribution in [0.2, 0.25) is 5.02 Å². The number of carbonyl (C=O) groups excluding carboxylic acids is 1. The van der Waals surface area contributed by atoms with Gasteiger partial charge >= 0.3 is 6.18 Å². The number of halogens is 8. The van der Waals surface area contributed by atoms with Crippen LogP contribution in [0.4, 0.5) is 36.6 Å². The number of rotatable bonds is 10. The Morgan fingerprint density at radius 2 is 1.76 bits per heavy atom. The number of sulfonamides is 1. The van der Waals surface area contributed by atoms with Gasteiger partial charge < -0.3 is 9.88 Å². The van der Waals surface area contributed by atoms with Gasteiger partial charge in [-0.2, -0.15) is 32.1 Å². The van der Waals surface area contributed by atoms with E-state index in [9.17, 15) is 35.2 Å². The summed E-state index contributed by atoms with van der Waals surface area (Å²) in [6, 6.07) is 7.48. The summed E-state index contributed by atoms with van der Waals surface area (Å²) < 4.78 is 134. The number of hydrogen-bond donors (Lipinski definition) is 2. The monoisotopic (exact) mass is 901 g/mol. The molecule has 2 aromatic carbocycles. The number of anilines is 1. The number of alkyl halides is 5. The largest absolute Gasteiger partial charge is 0.435 e. The summed E-state index contributed by atoms with van der Waals surface area (Å²) in [7, 11) is -2.33. The Morgan fingerprint density at radius 3 is 2.39 bits per heavy atom. The van der Waals surface area contributed by atoms with Gasteiger partial charge in [0.2, 0.25) is 15.9 Å². The number of imidazole rings is 1. The molecular formula is C41H35ClF7N9O3S. The van der Waals surface area contributed by atoms with Crippen LogP contribution in [0.15, 0.2) is 61.2 Å². The molecule has 0 aliphatic heterocycles. The second kappa shape index (κ2) is 15.1. The minimum Gasteiger partial charge on any atom is -0.346 e. The number of amides is 1. The van der Waals surface area contributed by atoms with Gasteiger partial charge in [-0.3, -0.25) is 18.9 Å². The molecule has 21 heteroatoms. The van der Waals surface area contributed by atoms with Gasteiger partial charge in [0, 0.05) is 48.1 Å². The Morgan fingerprint density at radius 1 is 1.05 bits per heavy atom. The van der Waals surface area contributed by atoms with Gasteiger partial charge in [0.1, 0.15) is 35.1 Å². The first-order valence-corrected chi connectivity index (χ1v) is 21.2. The quantitative estimate of drug-likeness (QED) is 0.106. The maximum atomic E-state index is 15.7. The van der Waals surface area contributed by atoms with Crippen LogP contribution in [0.25, 0.3) is 22.0 Å². The maximum absolute atomic E-state index is 15.7. The second-order valence-electron chi connectivity index (χ2n) is 15.9. The fraction of sp³-hybridized carbons (Fsp3) is 0.341. The van der Waals surface area contributed by atoms with E-state index in [-0.39, 0.29) is 63.5 Å². The SMILES string of the molecule is Cn1nc(NS(C)(=O)=O)c2c(Cl)ccc(-c3ccc(C#CC(C)(C)n4ccnc4)nc3[C@H](Cc3cc(F)cc(F)c3)NC(=O)Cn3nc(C(F)(F)F)c4c3C(F)(F)[C@@H]3CC[C@H]43)c21. The molecule has 2 aliphatic rings. The number of nitrogens with zero attached hydrogens (tertiary/aromatic N) is 7. The number of carbonyl (C=O) groups is 1. The molecule has 1 amide bonds. The van der Waals surface area contributed by atoms with Gasteiger partial charge in [-0.25, -0.2) is 27.2 Å². The molecule has 3 atom stereocenters. The molecule has 0 unspecified atom stereocenters. The van der Waals surface area contributed by atoms with Crippen LogP contribution >= 0.6 is 11.6 Å². The van der Waals surface area contributed by atoms with Crippen molar-refractivity contribution in [3.05, 3.63) is 112 Å². The van der Waals surface area contributed by atoms with Crippen LogP contribution in [0.1, 0.15) is 72.6 Å². The van der Waals surface area contributed by atoms with E-state index in [1.807, 2.05) is 13.8 Å². The smallest absolute Gasteiger partial charge is 0.346 e. The number of pyridine rings is 1. The lowest BCUT2D eigenvalue weighted by atomic mass is 9.73. The van der Waals surface area contributed by atoms with Crippen molar-refractivity contribution in [2.24, 2.45) is 13.0 Å². The first kappa shape index (κ1) is 42.7. The number of benzene rings is 2. The summed E-state index contributed by atoms with van der Waals surface area (Å²) in [4.78, 5) is 23.0. The third kappa shape index (κ3) is 7.87. The second-order valence-corrected chi connectivity index (χ2v) is 18.0. The van der Waals surface area contributed by atoms with Gasteiger partial charge in [0.15, 0.2) is 11.5 Å². The van der Waals surface area contributed by atoms with Crippen LogP contribution in [-0.2, 0) is 52.5 Å². The first-order valence-electron chi connectivity index (χ1n) is 19.0. The van der Waals surface area contributed by atoms with Crippen molar-refractivity contribution >= 4 is 44.3 Å². The molecule has 8 rings (SSSR count). The highest BCUT2D eigenvalue weighted by Crippen LogP contribution is 2.64. The highest BCUT2D eigenvalue weighted by atomic mass is 35.5. The van der Waals surface area contributed by atoms with Crippen molar-refractivity contribution in [1.29, 1.82) is 0 Å². The van der Waals surface area contributed by atoms with Gasteiger partial charge in [0.05, 0.1) is 40.2 Å². The molecule has 324 valence electrons. The average Bonchev–Trinajstić information content (AvgIpc) is 3.91. The molecule has 62 heavy (non-hydrogen) atoms. The lowest BCUT2D eigenvalue weighted by Crippen LogP contribution is -2.36. The fourth-order valence-corrected chi connectivity index (χ4v) is 9.00. The van der Waals surface area contributed by atoms with Crippen LogP contribution in [0.5, 0.6) is 0 Å². The van der Waals surface area contributed by atoms with E-state index >= 15 is 8.78 Å². The lowest BCUT2D eigenvalue weighted by Gasteiger charge is -2.34. The van der Waals surface area contributed by atoms with E-state index in [1.165, 1.54) is 17.8 Å². The summed E-state index contributed by atoms with van der Waals surface area (Å²) in [5.74, 6) is -3.10. The molecule has 0 saturated heterocycles. The van der Waals surface area contributed by atoms with Gasteiger partial charge in [0.25, 0.3) is 5.92 Å². The van der Waals surface area contributed by atoms with Crippen molar-refractivity contribution in [2.45, 2.75) is 69.3 Å². The average molecular weight is 902 g/mol. The van der Waals surface area contributed by atoms with E-state index in [2.05, 4.69) is 37.1 Å². The van der Waals surface area contributed by atoms with E-state index in [0.717, 1.165) is 18.4 Å². The molecule has 0 radical (unpaired) electrons. The van der Waals surface area contributed by atoms with Crippen LogP contribution in [0, 0.1) is 29.4 Å². The molecular weight excluding hydrogens is 867 g/mol. The summed E-state index contributed by atoms with van der Waals surface area (Å²) in [6.45, 7) is 2.56. The van der Waals surface area contributed by atoms with Crippen LogP contribution in [-0.4, -0.2) is 54.7 Å². The summed E-state index contributed by atoms with van der Waals surface area (Å²) in [5, 5.41) is 10.8. The van der Waals surface area contributed by atoms with Gasteiger partial charge in [-0.05, 0) is 80.8 Å². The van der Waals surface area contributed by atoms with Crippen molar-refractivity contribution in [2.75, 3.05) is 11.0 Å². The van der Waals surface area contributed by atoms with Crippen molar-refractivity contribution in [3.8, 4) is 23.0 Å². The Balaban J connectivity index is 1.29. The number of nitrogens with one attached hydrogen (secondary N) is 2. The molecule has 6 aromatic rings. The topological polar surface area (TPSA) is 142 Å². The number of aromatic nitrogens is 7. The summed E-state index contributed by atoms with van der Waals surface area (Å²) >= 11 is 6.62. The van der Waals surface area contributed by atoms with E-state index in [4.69, 9.17) is 16.6 Å². The third-order valence-electron chi connectivity index (χ3n) is 11.1. The molecule has 1 fully saturated rings. The fourth-order valence-electron chi connectivity index (χ4n) is 8.27. The molecule has 12 nitrogen and oxygen atoms in total. The number of aryl methyl sites for hydroxylation is 1. The van der Waals surface area contributed by atoms with Crippen molar-refractivity contribution in [1.82, 2.24) is 39.4 Å². The first-order chi connectivity index (χ1) is 29.0. The normalized spacial score (nSPS) is 17.5. The highest BCUT2D eigenvalue weighted by molar-refractivity contribution is 7.92. The van der Waals surface area contributed by atoms with E-state index in [1.54, 1.807) is 41.5 Å². The van der Waals surface area contributed by atoms with Crippen molar-refractivity contribution < 1.29 is 43.9 Å². The molecule has 0 bridgehead atoms. The van der Waals surface area contributed by atoms with Gasteiger partial charge in [-0.15, -0.1) is 0 Å². The molecule has 2 aliphatic carbocycles. The highest BCUT2D eigenvalue weighted by Gasteiger charge is 2.63. The van der Waals surface area contributed by atoms with E-state index in [0.29, 0.717) is 16.3 Å². The zero-order chi connectivity index (χ0) is 44.7. The van der Waals surface area contributed by atoms with Crippen LogP contribution in [0.3, 0.4) is 0 Å². The molecule has 4 heterocycles. The molecule has 2 N–H and O–H groups in total. The Labute approximate surface area is 354 Å².